The largest absolute Gasteiger partial charge is 0.306 e. The minimum atomic E-state index is 0.0140. The molecule has 0 aliphatic rings. The monoisotopic (exact) mass is 1470 g/mol. The molecule has 0 unspecified atom stereocenters. The van der Waals surface area contributed by atoms with Gasteiger partial charge in [-0.05, 0) is 186 Å². The molecule has 17 aromatic carbocycles. The fraction of sp³-hybridized carbons (Fsp3) is 0. The quantitative estimate of drug-likeness (QED) is 0.115. The van der Waals surface area contributed by atoms with Gasteiger partial charge in [0.25, 0.3) is 0 Å². The van der Waals surface area contributed by atoms with Crippen molar-refractivity contribution in [3.05, 3.63) is 412 Å². The molecule has 0 bridgehead atoms. The fourth-order valence-electron chi connectivity index (χ4n) is 18.0. The van der Waals surface area contributed by atoms with E-state index in [1.165, 1.54) is 0 Å². The maximum absolute atomic E-state index is 14.0. The van der Waals surface area contributed by atoms with Crippen molar-refractivity contribution in [2.24, 2.45) is 0 Å². The van der Waals surface area contributed by atoms with E-state index in [1.54, 1.807) is 0 Å². The first-order valence-electron chi connectivity index (χ1n) is 39.1. The summed E-state index contributed by atoms with van der Waals surface area (Å²) in [6, 6.07) is 145. The van der Waals surface area contributed by atoms with Crippen LogP contribution in [0.4, 0.5) is 0 Å². The van der Waals surface area contributed by atoms with Gasteiger partial charge in [-0.15, -0.1) is 0 Å². The smallest absolute Gasteiger partial charge is 0.232 e. The van der Waals surface area contributed by atoms with E-state index in [2.05, 4.69) is 419 Å². The average molecular weight is 1480 g/mol. The van der Waals surface area contributed by atoms with Crippen molar-refractivity contribution in [3.63, 3.8) is 0 Å². The van der Waals surface area contributed by atoms with Gasteiger partial charge in [-0.3, -0.25) is 0 Å². The Morgan fingerprint density at radius 3 is 0.534 bits per heavy atom. The van der Waals surface area contributed by atoms with Crippen LogP contribution in [0.1, 0.15) is 11.4 Å². The summed E-state index contributed by atoms with van der Waals surface area (Å²) in [7, 11) is 0. The molecule has 5 aromatic heterocycles. The second-order valence-electron chi connectivity index (χ2n) is 29.8. The van der Waals surface area contributed by atoms with E-state index in [9.17, 15) is 10.5 Å². The predicted molar refractivity (Wildman–Crippen MR) is 478 cm³/mol. The van der Waals surface area contributed by atoms with Crippen LogP contribution >= 0.6 is 0 Å². The summed E-state index contributed by atoms with van der Waals surface area (Å²) in [4.78, 5) is 10.1. The van der Waals surface area contributed by atoms with Crippen molar-refractivity contribution in [2.75, 3.05) is 0 Å². The fourth-order valence-corrected chi connectivity index (χ4v) is 18.0. The first kappa shape index (κ1) is 66.9. The third kappa shape index (κ3) is 11.0. The number of hydrogen-bond acceptors (Lipinski definition) is 4. The molecule has 0 saturated carbocycles. The molecule has 0 aliphatic carbocycles. The number of nitrogens with zero attached hydrogens (tertiary/aromatic N) is 8. The number of rotatable bonds is 13. The molecule has 0 aliphatic heterocycles. The number of aromatic nitrogens is 6. The minimum absolute atomic E-state index is 0.0140. The Morgan fingerprint density at radius 2 is 0.362 bits per heavy atom. The molecule has 0 radical (unpaired) electrons. The lowest BCUT2D eigenvalue weighted by Crippen LogP contribution is -2.16. The minimum Gasteiger partial charge on any atom is -0.306 e. The van der Waals surface area contributed by atoms with Gasteiger partial charge in [0, 0.05) is 66.6 Å². The van der Waals surface area contributed by atoms with Crippen LogP contribution in [-0.4, -0.2) is 28.2 Å². The first-order valence-corrected chi connectivity index (χ1v) is 39.1. The first-order chi connectivity index (χ1) is 57.5. The number of hydrogen-bond donors (Lipinski definition) is 0. The lowest BCUT2D eigenvalue weighted by Gasteiger charge is -2.29. The highest BCUT2D eigenvalue weighted by Gasteiger charge is 2.36. The van der Waals surface area contributed by atoms with Crippen LogP contribution in [0.25, 0.3) is 210 Å². The lowest BCUT2D eigenvalue weighted by atomic mass is 9.94. The molecule has 22 aromatic rings. The molecule has 22 rings (SSSR count). The van der Waals surface area contributed by atoms with Gasteiger partial charge >= 0.3 is 0 Å². The standard InChI is InChI=1S/C108H66N8/c109-65-94-105(113-95-49-41-77(69-25-9-1-10-26-69)57-86(95)87-58-78(42-50-96(87)113)70-27-11-2-12-28-70)107(115-99-53-45-81(73-33-17-5-18-34-73)61-90(99)91-62-82(46-54-100(91)115)74-35-19-6-20-36-74)104(85-67-111-103(66-110)112-68-85)108(116-101-55-47-83(75-37-21-7-22-38-75)63-92(101)93-64-84(48-56-102(93)116)76-39-23-8-24-40-76)106(94)114-97-51-43-79(71-29-13-3-14-30-71)59-88(97)89-60-80(44-52-98(89)114)72-31-15-4-16-32-72/h1-64,67-68H. The summed E-state index contributed by atoms with van der Waals surface area (Å²) in [6.45, 7) is 0. The molecular formula is C108H66N8. The van der Waals surface area contributed by atoms with Crippen LogP contribution in [0.2, 0.25) is 0 Å². The van der Waals surface area contributed by atoms with E-state index in [4.69, 9.17) is 9.97 Å². The van der Waals surface area contributed by atoms with Gasteiger partial charge in [0.1, 0.15) is 17.7 Å². The van der Waals surface area contributed by atoms with Crippen LogP contribution < -0.4 is 0 Å². The zero-order valence-corrected chi connectivity index (χ0v) is 62.7. The molecule has 5 heterocycles. The molecule has 0 saturated heterocycles. The van der Waals surface area contributed by atoms with Gasteiger partial charge in [-0.1, -0.05) is 291 Å². The Bertz CT molecular complexity index is 6950. The van der Waals surface area contributed by atoms with Gasteiger partial charge in [0.05, 0.1) is 66.9 Å². The van der Waals surface area contributed by atoms with Gasteiger partial charge in [0.2, 0.25) is 5.82 Å². The number of nitriles is 2. The van der Waals surface area contributed by atoms with E-state index >= 15 is 0 Å². The SMILES string of the molecule is N#Cc1ncc(-c2c(-n3c4ccc(-c5ccccc5)cc4c4cc(-c5ccccc5)ccc43)c(-n3c4ccc(-c5ccccc5)cc4c4cc(-c5ccccc5)ccc43)c(C#N)c(-n3c4ccc(-c5ccccc5)cc4c4cc(-c5ccccc5)ccc43)c2-n2c3ccc(-c4ccccc4)cc3c3cc(-c4ccccc4)ccc32)cn1. The second-order valence-corrected chi connectivity index (χ2v) is 29.8. The third-order valence-electron chi connectivity index (χ3n) is 23.4. The number of benzene rings is 17. The molecule has 0 amide bonds. The average Bonchev–Trinajstić information content (AvgIpc) is 1.46. The maximum atomic E-state index is 14.0. The predicted octanol–water partition coefficient (Wildman–Crippen LogP) is 27.6. The number of fused-ring (bicyclic) bond motifs is 12. The molecule has 0 spiro atoms. The van der Waals surface area contributed by atoms with Crippen molar-refractivity contribution in [2.45, 2.75) is 0 Å². The Labute approximate surface area is 668 Å². The van der Waals surface area contributed by atoms with Crippen LogP contribution in [0.15, 0.2) is 401 Å². The molecule has 0 N–H and O–H groups in total. The Hall–Kier alpha value is -16.0. The lowest BCUT2D eigenvalue weighted by molar-refractivity contribution is 1.03. The molecule has 0 atom stereocenters. The highest BCUT2D eigenvalue weighted by Crippen LogP contribution is 2.54. The van der Waals surface area contributed by atoms with Crippen molar-refractivity contribution in [3.8, 4) is 135 Å². The van der Waals surface area contributed by atoms with Crippen LogP contribution in [0.3, 0.4) is 0 Å². The van der Waals surface area contributed by atoms with Gasteiger partial charge in [-0.25, -0.2) is 9.97 Å². The van der Waals surface area contributed by atoms with Crippen molar-refractivity contribution >= 4 is 87.2 Å². The Morgan fingerprint density at radius 1 is 0.181 bits per heavy atom. The summed E-state index contributed by atoms with van der Waals surface area (Å²) in [5, 5.41) is 32.9. The normalized spacial score (nSPS) is 11.6. The second kappa shape index (κ2) is 27.5. The topological polar surface area (TPSA) is 93.1 Å². The van der Waals surface area contributed by atoms with Crippen LogP contribution in [0.5, 0.6) is 0 Å². The molecule has 8 heteroatoms. The highest BCUT2D eigenvalue weighted by molar-refractivity contribution is 6.20. The summed E-state index contributed by atoms with van der Waals surface area (Å²) >= 11 is 0. The summed E-state index contributed by atoms with van der Waals surface area (Å²) in [5.41, 5.74) is 28.4. The summed E-state index contributed by atoms with van der Waals surface area (Å²) in [6.07, 6.45) is 3.65. The van der Waals surface area contributed by atoms with Gasteiger partial charge in [-0.2, -0.15) is 10.5 Å². The summed E-state index contributed by atoms with van der Waals surface area (Å²) in [5.74, 6) is 0.0140. The molecule has 8 nitrogen and oxygen atoms in total. The van der Waals surface area contributed by atoms with Crippen molar-refractivity contribution in [1.29, 1.82) is 10.5 Å². The van der Waals surface area contributed by atoms with E-state index in [-0.39, 0.29) is 5.82 Å². The van der Waals surface area contributed by atoms with Gasteiger partial charge < -0.3 is 18.3 Å². The zero-order valence-electron chi connectivity index (χ0n) is 62.7. The van der Waals surface area contributed by atoms with Crippen LogP contribution in [0, 0.1) is 22.7 Å². The highest BCUT2D eigenvalue weighted by atomic mass is 15.1. The maximum Gasteiger partial charge on any atom is 0.232 e. The Kier molecular flexibility index (Phi) is 15.9. The van der Waals surface area contributed by atoms with Crippen molar-refractivity contribution < 1.29 is 0 Å². The molecule has 116 heavy (non-hydrogen) atoms. The summed E-state index contributed by atoms with van der Waals surface area (Å²) < 4.78 is 9.63. The molecular weight excluding hydrogens is 1410 g/mol. The Balaban J connectivity index is 1.01. The van der Waals surface area contributed by atoms with Crippen LogP contribution in [-0.2, 0) is 0 Å². The molecule has 538 valence electrons. The van der Waals surface area contributed by atoms with Gasteiger partial charge in [0.15, 0.2) is 0 Å². The van der Waals surface area contributed by atoms with E-state index in [0.717, 1.165) is 176 Å². The van der Waals surface area contributed by atoms with E-state index in [0.29, 0.717) is 39.4 Å². The molecule has 0 fully saturated rings. The third-order valence-corrected chi connectivity index (χ3v) is 23.4. The zero-order chi connectivity index (χ0) is 76.9. The van der Waals surface area contributed by atoms with E-state index in [1.807, 2.05) is 12.4 Å². The van der Waals surface area contributed by atoms with E-state index < -0.39 is 0 Å². The van der Waals surface area contributed by atoms with Crippen molar-refractivity contribution in [1.82, 2.24) is 28.2 Å².